The fourth-order valence-electron chi connectivity index (χ4n) is 3.98. The van der Waals surface area contributed by atoms with E-state index in [4.69, 9.17) is 4.74 Å². The second kappa shape index (κ2) is 13.5. The monoisotopic (exact) mass is 382 g/mol. The summed E-state index contributed by atoms with van der Waals surface area (Å²) >= 11 is 0. The number of esters is 1. The van der Waals surface area contributed by atoms with Crippen LogP contribution in [0.4, 0.5) is 0 Å². The van der Waals surface area contributed by atoms with E-state index in [-0.39, 0.29) is 18.8 Å². The summed E-state index contributed by atoms with van der Waals surface area (Å²) in [4.78, 5) is 38.4. The van der Waals surface area contributed by atoms with Crippen LogP contribution in [0.5, 0.6) is 0 Å². The number of Topliss-reactive ketones (excluding diaryl/α,β-unsaturated/α-hetero) is 1. The van der Waals surface area contributed by atoms with Gasteiger partial charge in [-0.05, 0) is 32.1 Å². The van der Waals surface area contributed by atoms with E-state index in [2.05, 4.69) is 13.5 Å². The van der Waals surface area contributed by atoms with Gasteiger partial charge in [-0.2, -0.15) is 0 Å². The SMILES string of the molecule is C=CC(C(=O)OCC)C(C(=O)O)(C(=O)CCC)C(CCC)CCCCCC. The molecule has 156 valence electrons. The first-order chi connectivity index (χ1) is 12.9. The minimum absolute atomic E-state index is 0.130. The fraction of sp³-hybridized carbons (Fsp3) is 0.773. The number of carboxylic acids is 1. The molecule has 0 radical (unpaired) electrons. The lowest BCUT2D eigenvalue weighted by Crippen LogP contribution is -2.53. The van der Waals surface area contributed by atoms with E-state index < -0.39 is 29.2 Å². The van der Waals surface area contributed by atoms with Crippen molar-refractivity contribution in [2.45, 2.75) is 85.5 Å². The summed E-state index contributed by atoms with van der Waals surface area (Å²) in [7, 11) is 0. The Morgan fingerprint density at radius 2 is 1.67 bits per heavy atom. The van der Waals surface area contributed by atoms with E-state index >= 15 is 0 Å². The Balaban J connectivity index is 6.20. The van der Waals surface area contributed by atoms with Crippen molar-refractivity contribution < 1.29 is 24.2 Å². The Morgan fingerprint density at radius 1 is 1.00 bits per heavy atom. The number of hydrogen-bond acceptors (Lipinski definition) is 4. The Kier molecular flexibility index (Phi) is 12.7. The number of unbranched alkanes of at least 4 members (excludes halogenated alkanes) is 3. The Hall–Kier alpha value is -1.65. The fourth-order valence-corrected chi connectivity index (χ4v) is 3.98. The van der Waals surface area contributed by atoms with E-state index in [0.717, 1.165) is 32.1 Å². The van der Waals surface area contributed by atoms with Crippen LogP contribution in [0, 0.1) is 17.3 Å². The van der Waals surface area contributed by atoms with Crippen molar-refractivity contribution in [1.82, 2.24) is 0 Å². The average Bonchev–Trinajstić information content (AvgIpc) is 2.62. The first-order valence-electron chi connectivity index (χ1n) is 10.4. The van der Waals surface area contributed by atoms with Crippen LogP contribution in [0.3, 0.4) is 0 Å². The first-order valence-corrected chi connectivity index (χ1v) is 10.4. The molecular weight excluding hydrogens is 344 g/mol. The van der Waals surface area contributed by atoms with Crippen LogP contribution in [0.15, 0.2) is 12.7 Å². The zero-order valence-electron chi connectivity index (χ0n) is 17.6. The van der Waals surface area contributed by atoms with Crippen molar-refractivity contribution >= 4 is 17.7 Å². The van der Waals surface area contributed by atoms with Gasteiger partial charge in [0.1, 0.15) is 5.41 Å². The number of rotatable bonds is 16. The molecule has 0 fully saturated rings. The Bertz CT molecular complexity index is 485. The third-order valence-corrected chi connectivity index (χ3v) is 5.25. The predicted octanol–water partition coefficient (Wildman–Crippen LogP) is 5.18. The first kappa shape index (κ1) is 25.4. The molecule has 0 bridgehead atoms. The largest absolute Gasteiger partial charge is 0.480 e. The van der Waals surface area contributed by atoms with Crippen molar-refractivity contribution in [3.8, 4) is 0 Å². The van der Waals surface area contributed by atoms with Crippen molar-refractivity contribution in [3.05, 3.63) is 12.7 Å². The van der Waals surface area contributed by atoms with E-state index in [1.165, 1.54) is 6.08 Å². The molecule has 3 atom stereocenters. The lowest BCUT2D eigenvalue weighted by atomic mass is 9.60. The zero-order chi connectivity index (χ0) is 20.9. The second-order valence-corrected chi connectivity index (χ2v) is 7.15. The molecule has 0 spiro atoms. The molecule has 0 aliphatic heterocycles. The average molecular weight is 383 g/mol. The maximum absolute atomic E-state index is 13.2. The van der Waals surface area contributed by atoms with E-state index in [0.29, 0.717) is 19.3 Å². The summed E-state index contributed by atoms with van der Waals surface area (Å²) in [5, 5.41) is 10.3. The summed E-state index contributed by atoms with van der Waals surface area (Å²) in [5.74, 6) is -3.87. The maximum atomic E-state index is 13.2. The highest BCUT2D eigenvalue weighted by Gasteiger charge is 2.58. The third kappa shape index (κ3) is 6.47. The quantitative estimate of drug-likeness (QED) is 0.172. The minimum Gasteiger partial charge on any atom is -0.480 e. The van der Waals surface area contributed by atoms with Crippen LogP contribution < -0.4 is 0 Å². The van der Waals surface area contributed by atoms with Gasteiger partial charge >= 0.3 is 11.9 Å². The van der Waals surface area contributed by atoms with Gasteiger partial charge in [0.2, 0.25) is 0 Å². The highest BCUT2D eigenvalue weighted by molar-refractivity contribution is 6.07. The molecule has 3 unspecified atom stereocenters. The van der Waals surface area contributed by atoms with Crippen LogP contribution in [0.2, 0.25) is 0 Å². The van der Waals surface area contributed by atoms with Gasteiger partial charge in [-0.3, -0.25) is 14.4 Å². The number of aliphatic carboxylic acids is 1. The highest BCUT2D eigenvalue weighted by Crippen LogP contribution is 2.45. The van der Waals surface area contributed by atoms with Gasteiger partial charge in [0.15, 0.2) is 5.78 Å². The third-order valence-electron chi connectivity index (χ3n) is 5.25. The normalized spacial score (nSPS) is 15.4. The standard InChI is InChI=1S/C22H38O5/c1-6-11-12-13-16-17(14-7-2)22(21(25)26,19(23)15-8-3)18(9-4)20(24)27-10-5/h9,17-18H,4,6-8,10-16H2,1-3,5H3,(H,25,26). The van der Waals surface area contributed by atoms with E-state index in [1.54, 1.807) is 6.92 Å². The number of ether oxygens (including phenoxy) is 1. The molecule has 5 nitrogen and oxygen atoms in total. The van der Waals surface area contributed by atoms with Crippen LogP contribution >= 0.6 is 0 Å². The van der Waals surface area contributed by atoms with Gasteiger partial charge in [-0.25, -0.2) is 0 Å². The molecule has 0 aromatic carbocycles. The van der Waals surface area contributed by atoms with E-state index in [1.807, 2.05) is 13.8 Å². The van der Waals surface area contributed by atoms with Crippen molar-refractivity contribution in [3.63, 3.8) is 0 Å². The molecule has 0 aliphatic rings. The number of hydrogen-bond donors (Lipinski definition) is 1. The van der Waals surface area contributed by atoms with Crippen LogP contribution in [-0.4, -0.2) is 29.4 Å². The van der Waals surface area contributed by atoms with E-state index in [9.17, 15) is 19.5 Å². The van der Waals surface area contributed by atoms with Gasteiger partial charge in [0.05, 0.1) is 12.5 Å². The Morgan fingerprint density at radius 3 is 2.11 bits per heavy atom. The van der Waals surface area contributed by atoms with Crippen molar-refractivity contribution in [1.29, 1.82) is 0 Å². The summed E-state index contributed by atoms with van der Waals surface area (Å²) in [6.45, 7) is 11.4. The lowest BCUT2D eigenvalue weighted by molar-refractivity contribution is -0.173. The highest BCUT2D eigenvalue weighted by atomic mass is 16.5. The zero-order valence-corrected chi connectivity index (χ0v) is 17.6. The number of carbonyl (C=O) groups is 3. The van der Waals surface area contributed by atoms with Gasteiger partial charge in [-0.1, -0.05) is 59.0 Å². The van der Waals surface area contributed by atoms with Gasteiger partial charge < -0.3 is 9.84 Å². The summed E-state index contributed by atoms with van der Waals surface area (Å²) < 4.78 is 5.12. The number of carboxylic acid groups (broad SMARTS) is 1. The number of carbonyl (C=O) groups excluding carboxylic acids is 2. The van der Waals surface area contributed by atoms with Gasteiger partial charge in [0.25, 0.3) is 0 Å². The molecule has 0 saturated heterocycles. The molecule has 27 heavy (non-hydrogen) atoms. The summed E-state index contributed by atoms with van der Waals surface area (Å²) in [6.07, 6.45) is 7.90. The molecule has 0 heterocycles. The number of ketones is 1. The topological polar surface area (TPSA) is 80.7 Å². The molecule has 0 saturated carbocycles. The smallest absolute Gasteiger partial charge is 0.318 e. The van der Waals surface area contributed by atoms with Gasteiger partial charge in [0, 0.05) is 6.42 Å². The van der Waals surface area contributed by atoms with Crippen molar-refractivity contribution in [2.75, 3.05) is 6.61 Å². The molecule has 0 aliphatic carbocycles. The van der Waals surface area contributed by atoms with Crippen molar-refractivity contribution in [2.24, 2.45) is 17.3 Å². The molecule has 0 aromatic rings. The molecular formula is C22H38O5. The predicted molar refractivity (Wildman–Crippen MR) is 107 cm³/mol. The maximum Gasteiger partial charge on any atom is 0.318 e. The Labute approximate surface area is 164 Å². The molecule has 0 amide bonds. The van der Waals surface area contributed by atoms with Gasteiger partial charge in [-0.15, -0.1) is 6.58 Å². The molecule has 0 aromatic heterocycles. The summed E-state index contributed by atoms with van der Waals surface area (Å²) in [6, 6.07) is 0. The molecule has 1 N–H and O–H groups in total. The minimum atomic E-state index is -1.80. The molecule has 5 heteroatoms. The summed E-state index contributed by atoms with van der Waals surface area (Å²) in [5.41, 5.74) is -1.80. The van der Waals surface area contributed by atoms with Crippen LogP contribution in [0.1, 0.15) is 85.5 Å². The molecule has 0 rings (SSSR count). The van der Waals surface area contributed by atoms with Crippen LogP contribution in [-0.2, 0) is 19.1 Å². The lowest BCUT2D eigenvalue weighted by Gasteiger charge is -2.40. The second-order valence-electron chi connectivity index (χ2n) is 7.15. The van der Waals surface area contributed by atoms with Crippen LogP contribution in [0.25, 0.3) is 0 Å².